The maximum atomic E-state index is 12.9. The molecular formula is C42H77N5O12S2. The molecule has 3 unspecified atom stereocenters. The van der Waals surface area contributed by atoms with Crippen molar-refractivity contribution in [3.05, 3.63) is 0 Å². The second-order valence-electron chi connectivity index (χ2n) is 16.1. The van der Waals surface area contributed by atoms with Crippen molar-refractivity contribution in [2.45, 2.75) is 183 Å². The highest BCUT2D eigenvalue weighted by atomic mass is 32.2. The van der Waals surface area contributed by atoms with Crippen LogP contribution in [0.4, 0.5) is 0 Å². The predicted molar refractivity (Wildman–Crippen MR) is 236 cm³/mol. The fourth-order valence-corrected chi connectivity index (χ4v) is 9.64. The molecule has 2 aliphatic rings. The first-order valence-electron chi connectivity index (χ1n) is 22.5. The molecule has 5 amide bonds. The van der Waals surface area contributed by atoms with E-state index in [4.69, 9.17) is 9.47 Å². The van der Waals surface area contributed by atoms with Crippen LogP contribution in [-0.2, 0) is 33.4 Å². The molecule has 0 aromatic heterocycles. The Morgan fingerprint density at radius 3 is 1.64 bits per heavy atom. The zero-order chi connectivity index (χ0) is 45.0. The smallest absolute Gasteiger partial charge is 0.222 e. The molecule has 9 atom stereocenters. The molecule has 0 aromatic carbocycles. The third kappa shape index (κ3) is 22.8. The summed E-state index contributed by atoms with van der Waals surface area (Å²) in [6, 6.07) is -1.46. The quantitative estimate of drug-likeness (QED) is 0.0436. The van der Waals surface area contributed by atoms with Crippen LogP contribution in [0.2, 0.25) is 0 Å². The molecule has 9 N–H and O–H groups in total. The minimum Gasteiger partial charge on any atom is -0.394 e. The van der Waals surface area contributed by atoms with Crippen molar-refractivity contribution in [3.63, 3.8) is 0 Å². The van der Waals surface area contributed by atoms with E-state index < -0.39 is 60.1 Å². The summed E-state index contributed by atoms with van der Waals surface area (Å²) in [4.78, 5) is 62.8. The lowest BCUT2D eigenvalue weighted by Crippen LogP contribution is -2.63. The number of hydrogen-bond donors (Lipinski definition) is 9. The van der Waals surface area contributed by atoms with Crippen LogP contribution in [0.3, 0.4) is 0 Å². The average molecular weight is 908 g/mol. The Balaban J connectivity index is 1.52. The number of hydrogen-bond acceptors (Lipinski definition) is 14. The molecule has 2 fully saturated rings. The van der Waals surface area contributed by atoms with E-state index >= 15 is 0 Å². The Labute approximate surface area is 371 Å². The van der Waals surface area contributed by atoms with Crippen LogP contribution in [0.5, 0.6) is 0 Å². The molecular weight excluding hydrogens is 831 g/mol. The number of rotatable bonds is 32. The number of carbonyl (C=O) groups is 5. The number of nitrogens with zero attached hydrogens (tertiary/aromatic N) is 1. The van der Waals surface area contributed by atoms with Gasteiger partial charge in [-0.1, -0.05) is 39.0 Å². The number of thioether (sulfide) groups is 2. The Morgan fingerprint density at radius 1 is 0.623 bits per heavy atom. The minimum atomic E-state index is -1.30. The third-order valence-corrected chi connectivity index (χ3v) is 13.3. The normalized spacial score (nSPS) is 25.1. The fourth-order valence-electron chi connectivity index (χ4n) is 7.17. The fraction of sp³-hybridized carbons (Fsp3) is 0.881. The number of unbranched alkanes of at least 4 members (excludes halogenated alkanes) is 9. The monoisotopic (exact) mass is 908 g/mol. The maximum Gasteiger partial charge on any atom is 0.222 e. The molecule has 2 heterocycles. The predicted octanol–water partition coefficient (Wildman–Crippen LogP) is 1.69. The van der Waals surface area contributed by atoms with Crippen molar-refractivity contribution in [2.24, 2.45) is 0 Å². The Hall–Kier alpha value is -2.23. The van der Waals surface area contributed by atoms with Crippen LogP contribution < -0.4 is 21.3 Å². The lowest BCUT2D eigenvalue weighted by Gasteiger charge is -2.42. The third-order valence-electron chi connectivity index (χ3n) is 10.7. The minimum absolute atomic E-state index is 0.00838. The largest absolute Gasteiger partial charge is 0.394 e. The van der Waals surface area contributed by atoms with E-state index in [1.807, 2.05) is 4.90 Å². The van der Waals surface area contributed by atoms with Gasteiger partial charge in [0.25, 0.3) is 0 Å². The van der Waals surface area contributed by atoms with Crippen molar-refractivity contribution in [2.75, 3.05) is 50.9 Å². The van der Waals surface area contributed by atoms with Crippen molar-refractivity contribution in [3.8, 4) is 0 Å². The van der Waals surface area contributed by atoms with Crippen molar-refractivity contribution in [1.29, 1.82) is 0 Å². The molecule has 2 saturated heterocycles. The van der Waals surface area contributed by atoms with E-state index in [-0.39, 0.29) is 36.1 Å². The molecule has 19 heteroatoms. The van der Waals surface area contributed by atoms with Crippen molar-refractivity contribution < 1.29 is 59.0 Å². The Bertz CT molecular complexity index is 1270. The summed E-state index contributed by atoms with van der Waals surface area (Å²) in [5, 5.41) is 61.5. The number of ether oxygens (including phenoxy) is 2. The summed E-state index contributed by atoms with van der Waals surface area (Å²) in [6.45, 7) is 6.83. The van der Waals surface area contributed by atoms with Gasteiger partial charge in [-0.25, -0.2) is 0 Å². The summed E-state index contributed by atoms with van der Waals surface area (Å²) in [5.41, 5.74) is -1.04. The van der Waals surface area contributed by atoms with E-state index in [1.165, 1.54) is 37.4 Å². The molecule has 0 bridgehead atoms. The van der Waals surface area contributed by atoms with Gasteiger partial charge < -0.3 is 61.2 Å². The van der Waals surface area contributed by atoms with Crippen LogP contribution in [0.25, 0.3) is 0 Å². The first-order chi connectivity index (χ1) is 29.3. The van der Waals surface area contributed by atoms with Crippen LogP contribution in [-0.4, -0.2) is 164 Å². The Morgan fingerprint density at radius 2 is 1.13 bits per heavy atom. The Kier molecular flexibility index (Phi) is 29.2. The number of amides is 5. The highest BCUT2D eigenvalue weighted by molar-refractivity contribution is 8.00. The maximum absolute atomic E-state index is 12.9. The van der Waals surface area contributed by atoms with E-state index in [0.717, 1.165) is 95.6 Å². The van der Waals surface area contributed by atoms with Crippen LogP contribution in [0.15, 0.2) is 0 Å². The highest BCUT2D eigenvalue weighted by Crippen LogP contribution is 2.30. The van der Waals surface area contributed by atoms with Gasteiger partial charge in [0.05, 0.1) is 25.3 Å². The molecule has 354 valence electrons. The number of aliphatic hydroxyl groups is 5. The van der Waals surface area contributed by atoms with Gasteiger partial charge in [-0.15, -0.1) is 23.5 Å². The van der Waals surface area contributed by atoms with Gasteiger partial charge >= 0.3 is 0 Å². The molecule has 61 heavy (non-hydrogen) atoms. The lowest BCUT2D eigenvalue weighted by molar-refractivity contribution is -0.173. The van der Waals surface area contributed by atoms with Crippen molar-refractivity contribution in [1.82, 2.24) is 26.2 Å². The molecule has 0 aromatic rings. The van der Waals surface area contributed by atoms with Gasteiger partial charge in [0.1, 0.15) is 41.4 Å². The van der Waals surface area contributed by atoms with Gasteiger partial charge in [-0.3, -0.25) is 24.0 Å². The van der Waals surface area contributed by atoms with Gasteiger partial charge in [0, 0.05) is 59.3 Å². The lowest BCUT2D eigenvalue weighted by atomic mass is 9.98. The van der Waals surface area contributed by atoms with Gasteiger partial charge in [-0.2, -0.15) is 0 Å². The number of carbonyl (C=O) groups excluding carboxylic acids is 5. The van der Waals surface area contributed by atoms with Gasteiger partial charge in [0.2, 0.25) is 29.5 Å². The van der Waals surface area contributed by atoms with Crippen molar-refractivity contribution >= 4 is 53.1 Å². The molecule has 0 saturated carbocycles. The van der Waals surface area contributed by atoms with E-state index in [2.05, 4.69) is 28.2 Å². The molecule has 2 rings (SSSR count). The first-order valence-corrected chi connectivity index (χ1v) is 24.6. The first kappa shape index (κ1) is 54.9. The van der Waals surface area contributed by atoms with E-state index in [9.17, 15) is 49.5 Å². The van der Waals surface area contributed by atoms with Crippen LogP contribution in [0.1, 0.15) is 130 Å². The van der Waals surface area contributed by atoms with E-state index in [0.29, 0.717) is 51.2 Å². The second kappa shape index (κ2) is 32.4. The summed E-state index contributed by atoms with van der Waals surface area (Å²) in [5.74, 6) is 0.994. The zero-order valence-corrected chi connectivity index (χ0v) is 38.4. The second-order valence-corrected chi connectivity index (χ2v) is 18.5. The zero-order valence-electron chi connectivity index (χ0n) is 36.7. The highest BCUT2D eigenvalue weighted by Gasteiger charge is 2.45. The molecule has 0 aliphatic carbocycles. The molecule has 17 nitrogen and oxygen atoms in total. The average Bonchev–Trinajstić information content (AvgIpc) is 3.22. The van der Waals surface area contributed by atoms with Gasteiger partial charge in [0.15, 0.2) is 0 Å². The standard InChI is InChI=1S/C42H77N5O12S2/c1-4-5-20-35(54)47(23-14-6-10-18-33(52)43-21-12-8-16-25-60-41-36(45-29(2)49)38(55)31(51)28-58-41)24-15-7-11-19-34(53)44-22-13-9-17-26-61-42-37(46-30(3)50)40(57)39(56)32(27-48)59-42/h31-32,36-42,48,51,55-57H,4-28H2,1-3H3,(H,43,52)(H,44,53)(H,45,49)(H,46,50)/t31-,32?,36?,37?,38-,39-,40+,41-,42-/m0/s1. The summed E-state index contributed by atoms with van der Waals surface area (Å²) < 4.78 is 11.4. The van der Waals surface area contributed by atoms with Crippen LogP contribution in [0, 0.1) is 0 Å². The summed E-state index contributed by atoms with van der Waals surface area (Å²) in [6.07, 6.45) is 7.59. The molecule has 0 spiro atoms. The van der Waals surface area contributed by atoms with Gasteiger partial charge in [-0.05, 0) is 69.3 Å². The molecule has 0 radical (unpaired) electrons. The topological polar surface area (TPSA) is 256 Å². The number of nitrogens with one attached hydrogen (secondary N) is 4. The summed E-state index contributed by atoms with van der Waals surface area (Å²) >= 11 is 2.91. The SMILES string of the molecule is CCCCC(=O)N(CCCCCC(=O)NCCCCCS[C@@H]1OC[C@H](O)[C@H](O)C1NC(C)=O)CCCCCC(=O)NCCCCCS[C@@H]1OC(CO)[C@H](O)[C@H](O)C1NC(C)=O. The van der Waals surface area contributed by atoms with Crippen LogP contribution >= 0.6 is 23.5 Å². The van der Waals surface area contributed by atoms with E-state index in [1.54, 1.807) is 0 Å². The molecule has 2 aliphatic heterocycles. The number of aliphatic hydroxyl groups excluding tert-OH is 5. The summed E-state index contributed by atoms with van der Waals surface area (Å²) in [7, 11) is 0.